The molecule has 1 aromatic heterocycles. The van der Waals surface area contributed by atoms with E-state index in [1.165, 1.54) is 0 Å². The van der Waals surface area contributed by atoms with Gasteiger partial charge in [-0.2, -0.15) is 10.2 Å². The van der Waals surface area contributed by atoms with E-state index in [9.17, 15) is 4.79 Å². The molecule has 5 heteroatoms. The van der Waals surface area contributed by atoms with Gasteiger partial charge in [-0.05, 0) is 36.4 Å². The van der Waals surface area contributed by atoms with Gasteiger partial charge in [-0.1, -0.05) is 0 Å². The number of nitrogens with zero attached hydrogens (tertiary/aromatic N) is 2. The van der Waals surface area contributed by atoms with Crippen LogP contribution in [0.3, 0.4) is 0 Å². The number of benzene rings is 1. The lowest BCUT2D eigenvalue weighted by Crippen LogP contribution is -2.03. The first-order chi connectivity index (χ1) is 8.25. The Hall–Kier alpha value is -2.43. The average molecular weight is 229 g/mol. The van der Waals surface area contributed by atoms with Gasteiger partial charge in [0, 0.05) is 11.9 Å². The van der Waals surface area contributed by atoms with E-state index in [2.05, 4.69) is 15.5 Å². The molecular weight excluding hydrogens is 218 g/mol. The van der Waals surface area contributed by atoms with E-state index < -0.39 is 5.97 Å². The highest BCUT2D eigenvalue weighted by atomic mass is 16.4. The van der Waals surface area contributed by atoms with Crippen molar-refractivity contribution in [2.24, 2.45) is 0 Å². The monoisotopic (exact) mass is 229 g/mol. The predicted molar refractivity (Wildman–Crippen MR) is 62.8 cm³/mol. The van der Waals surface area contributed by atoms with Crippen LogP contribution in [0, 0.1) is 0 Å². The summed E-state index contributed by atoms with van der Waals surface area (Å²) < 4.78 is 0. The molecule has 2 rings (SSSR count). The Labute approximate surface area is 98.1 Å². The second kappa shape index (κ2) is 5.07. The predicted octanol–water partition coefficient (Wildman–Crippen LogP) is 1.79. The highest BCUT2D eigenvalue weighted by Crippen LogP contribution is 2.10. The summed E-state index contributed by atoms with van der Waals surface area (Å²) in [5.41, 5.74) is 1.95. The summed E-state index contributed by atoms with van der Waals surface area (Å²) in [5.74, 6) is -0.925. The van der Waals surface area contributed by atoms with Gasteiger partial charge in [0.2, 0.25) is 0 Å². The van der Waals surface area contributed by atoms with Crippen molar-refractivity contribution in [1.29, 1.82) is 0 Å². The molecule has 1 heterocycles. The number of hydrogen-bond acceptors (Lipinski definition) is 4. The van der Waals surface area contributed by atoms with Gasteiger partial charge < -0.3 is 10.4 Å². The highest BCUT2D eigenvalue weighted by molar-refractivity contribution is 5.87. The standard InChI is InChI=1S/C12H11N3O2/c16-12(17)9-3-5-10(6-4-9)13-8-11-2-1-7-14-15-11/h1-7,13H,8H2,(H,16,17). The lowest BCUT2D eigenvalue weighted by atomic mass is 10.2. The topological polar surface area (TPSA) is 75.1 Å². The van der Waals surface area contributed by atoms with Crippen molar-refractivity contribution in [2.75, 3.05) is 5.32 Å². The number of carboxylic acid groups (broad SMARTS) is 1. The molecule has 0 bridgehead atoms. The van der Waals surface area contributed by atoms with E-state index in [1.54, 1.807) is 30.5 Å². The summed E-state index contributed by atoms with van der Waals surface area (Å²) in [4.78, 5) is 10.7. The molecule has 2 aromatic rings. The molecule has 0 saturated carbocycles. The third-order valence-electron chi connectivity index (χ3n) is 2.23. The maximum absolute atomic E-state index is 10.7. The third-order valence-corrected chi connectivity index (χ3v) is 2.23. The van der Waals surface area contributed by atoms with Gasteiger partial charge >= 0.3 is 5.97 Å². The fourth-order valence-corrected chi connectivity index (χ4v) is 1.35. The summed E-state index contributed by atoms with van der Waals surface area (Å²) in [7, 11) is 0. The number of nitrogens with one attached hydrogen (secondary N) is 1. The number of aromatic carboxylic acids is 1. The minimum absolute atomic E-state index is 0.273. The largest absolute Gasteiger partial charge is 0.478 e. The first kappa shape index (κ1) is 11.1. The zero-order chi connectivity index (χ0) is 12.1. The number of anilines is 1. The Morgan fingerprint density at radius 1 is 1.24 bits per heavy atom. The van der Waals surface area contributed by atoms with E-state index in [0.29, 0.717) is 6.54 Å². The zero-order valence-corrected chi connectivity index (χ0v) is 9.00. The maximum Gasteiger partial charge on any atom is 0.335 e. The van der Waals surface area contributed by atoms with Gasteiger partial charge in [0.15, 0.2) is 0 Å². The minimum Gasteiger partial charge on any atom is -0.478 e. The fraction of sp³-hybridized carbons (Fsp3) is 0.0833. The van der Waals surface area contributed by atoms with Crippen LogP contribution in [0.15, 0.2) is 42.6 Å². The lowest BCUT2D eigenvalue weighted by Gasteiger charge is -2.05. The van der Waals surface area contributed by atoms with Crippen LogP contribution < -0.4 is 5.32 Å². The van der Waals surface area contributed by atoms with Crippen LogP contribution in [0.5, 0.6) is 0 Å². The smallest absolute Gasteiger partial charge is 0.335 e. The molecule has 0 aliphatic rings. The number of aromatic nitrogens is 2. The Morgan fingerprint density at radius 3 is 2.59 bits per heavy atom. The first-order valence-electron chi connectivity index (χ1n) is 5.09. The van der Waals surface area contributed by atoms with Crippen molar-refractivity contribution >= 4 is 11.7 Å². The molecule has 86 valence electrons. The van der Waals surface area contributed by atoms with Gasteiger partial charge in [0.05, 0.1) is 17.8 Å². The van der Waals surface area contributed by atoms with Crippen LogP contribution in [0.25, 0.3) is 0 Å². The highest BCUT2D eigenvalue weighted by Gasteiger charge is 2.01. The van der Waals surface area contributed by atoms with E-state index in [4.69, 9.17) is 5.11 Å². The Kier molecular flexibility index (Phi) is 3.30. The number of hydrogen-bond donors (Lipinski definition) is 2. The second-order valence-electron chi connectivity index (χ2n) is 3.45. The molecule has 5 nitrogen and oxygen atoms in total. The molecular formula is C12H11N3O2. The van der Waals surface area contributed by atoms with Crippen LogP contribution >= 0.6 is 0 Å². The van der Waals surface area contributed by atoms with Crippen molar-refractivity contribution in [1.82, 2.24) is 10.2 Å². The SMILES string of the molecule is O=C(O)c1ccc(NCc2cccnn2)cc1. The van der Waals surface area contributed by atoms with Crippen LogP contribution in [0.2, 0.25) is 0 Å². The molecule has 0 aliphatic heterocycles. The first-order valence-corrected chi connectivity index (χ1v) is 5.09. The summed E-state index contributed by atoms with van der Waals surface area (Å²) in [6, 6.07) is 10.2. The summed E-state index contributed by atoms with van der Waals surface area (Å²) >= 11 is 0. The van der Waals surface area contributed by atoms with Crippen molar-refractivity contribution < 1.29 is 9.90 Å². The molecule has 0 radical (unpaired) electrons. The Balaban J connectivity index is 1.98. The molecule has 0 aliphatic carbocycles. The molecule has 0 spiro atoms. The van der Waals surface area contributed by atoms with Crippen LogP contribution in [-0.4, -0.2) is 21.3 Å². The third kappa shape index (κ3) is 3.01. The Morgan fingerprint density at radius 2 is 2.00 bits per heavy atom. The van der Waals surface area contributed by atoms with Gasteiger partial charge in [0.25, 0.3) is 0 Å². The van der Waals surface area contributed by atoms with Gasteiger partial charge in [-0.25, -0.2) is 4.79 Å². The number of carboxylic acids is 1. The van der Waals surface area contributed by atoms with E-state index in [0.717, 1.165) is 11.4 Å². The van der Waals surface area contributed by atoms with E-state index >= 15 is 0 Å². The second-order valence-corrected chi connectivity index (χ2v) is 3.45. The fourth-order valence-electron chi connectivity index (χ4n) is 1.35. The molecule has 17 heavy (non-hydrogen) atoms. The molecule has 0 amide bonds. The number of carbonyl (C=O) groups is 1. The summed E-state index contributed by atoms with van der Waals surface area (Å²) in [5, 5.41) is 19.6. The summed E-state index contributed by atoms with van der Waals surface area (Å²) in [6.45, 7) is 0.556. The molecule has 0 saturated heterocycles. The number of rotatable bonds is 4. The molecule has 1 aromatic carbocycles. The molecule has 0 atom stereocenters. The van der Waals surface area contributed by atoms with Crippen LogP contribution in [-0.2, 0) is 6.54 Å². The normalized spacial score (nSPS) is 9.88. The van der Waals surface area contributed by atoms with Crippen molar-refractivity contribution in [3.05, 3.63) is 53.9 Å². The maximum atomic E-state index is 10.7. The van der Waals surface area contributed by atoms with Crippen molar-refractivity contribution in [2.45, 2.75) is 6.54 Å². The molecule has 0 fully saturated rings. The van der Waals surface area contributed by atoms with Crippen LogP contribution in [0.4, 0.5) is 5.69 Å². The van der Waals surface area contributed by atoms with Gasteiger partial charge in [-0.15, -0.1) is 0 Å². The minimum atomic E-state index is -0.925. The quantitative estimate of drug-likeness (QED) is 0.835. The van der Waals surface area contributed by atoms with Crippen LogP contribution in [0.1, 0.15) is 16.1 Å². The lowest BCUT2D eigenvalue weighted by molar-refractivity contribution is 0.0697. The summed E-state index contributed by atoms with van der Waals surface area (Å²) in [6.07, 6.45) is 1.62. The van der Waals surface area contributed by atoms with Crippen molar-refractivity contribution in [3.63, 3.8) is 0 Å². The van der Waals surface area contributed by atoms with Gasteiger partial charge in [-0.3, -0.25) is 0 Å². The van der Waals surface area contributed by atoms with Crippen molar-refractivity contribution in [3.8, 4) is 0 Å². The Bertz CT molecular complexity index is 497. The zero-order valence-electron chi connectivity index (χ0n) is 9.00. The molecule has 2 N–H and O–H groups in total. The van der Waals surface area contributed by atoms with Gasteiger partial charge in [0.1, 0.15) is 0 Å². The average Bonchev–Trinajstić information content (AvgIpc) is 2.38. The molecule has 0 unspecified atom stereocenters. The van der Waals surface area contributed by atoms with E-state index in [-0.39, 0.29) is 5.56 Å². The van der Waals surface area contributed by atoms with E-state index in [1.807, 2.05) is 12.1 Å².